The molecule has 1 saturated heterocycles. The minimum Gasteiger partial charge on any atom is -0.338 e. The molecule has 5 heteroatoms. The van der Waals surface area contributed by atoms with Gasteiger partial charge in [-0.05, 0) is 49.6 Å². The number of halogens is 1. The van der Waals surface area contributed by atoms with Crippen LogP contribution in [0.2, 0.25) is 0 Å². The van der Waals surface area contributed by atoms with Crippen molar-refractivity contribution in [3.8, 4) is 0 Å². The van der Waals surface area contributed by atoms with Crippen molar-refractivity contribution in [1.29, 1.82) is 0 Å². The van der Waals surface area contributed by atoms with E-state index in [4.69, 9.17) is 0 Å². The number of likely N-dealkylation sites (tertiary alicyclic amines) is 1. The summed E-state index contributed by atoms with van der Waals surface area (Å²) in [6.45, 7) is 2.82. The second-order valence-electron chi connectivity index (χ2n) is 6.43. The highest BCUT2D eigenvalue weighted by Crippen LogP contribution is 2.21. The maximum atomic E-state index is 13.8. The summed E-state index contributed by atoms with van der Waals surface area (Å²) in [5.74, 6) is -1.27. The normalized spacial score (nSPS) is 17.2. The number of anilines is 1. The van der Waals surface area contributed by atoms with Crippen LogP contribution in [0.25, 0.3) is 0 Å². The molecule has 2 aromatic rings. The largest absolute Gasteiger partial charge is 0.338 e. The molecule has 2 amide bonds. The van der Waals surface area contributed by atoms with Crippen molar-refractivity contribution in [1.82, 2.24) is 4.90 Å². The monoisotopic (exact) mass is 340 g/mol. The summed E-state index contributed by atoms with van der Waals surface area (Å²) in [5.41, 5.74) is 1.88. The van der Waals surface area contributed by atoms with E-state index in [1.807, 2.05) is 31.2 Å². The number of nitrogens with one attached hydrogen (secondary N) is 1. The molecule has 0 spiro atoms. The summed E-state index contributed by atoms with van der Waals surface area (Å²) in [4.78, 5) is 26.6. The zero-order valence-corrected chi connectivity index (χ0v) is 14.2. The number of carbonyl (C=O) groups excluding carboxylic acids is 2. The summed E-state index contributed by atoms with van der Waals surface area (Å²) < 4.78 is 13.8. The van der Waals surface area contributed by atoms with Crippen LogP contribution >= 0.6 is 0 Å². The van der Waals surface area contributed by atoms with Crippen molar-refractivity contribution >= 4 is 17.5 Å². The third kappa shape index (κ3) is 4.05. The van der Waals surface area contributed by atoms with Crippen LogP contribution < -0.4 is 5.32 Å². The van der Waals surface area contributed by atoms with Crippen molar-refractivity contribution in [2.75, 3.05) is 18.4 Å². The molecule has 0 aliphatic carbocycles. The predicted octanol–water partition coefficient (Wildman–Crippen LogP) is 3.63. The molecule has 1 heterocycles. The molecule has 0 aromatic heterocycles. The molecule has 1 aliphatic heterocycles. The molecule has 25 heavy (non-hydrogen) atoms. The van der Waals surface area contributed by atoms with Gasteiger partial charge in [-0.3, -0.25) is 9.59 Å². The number of benzene rings is 2. The lowest BCUT2D eigenvalue weighted by Crippen LogP contribution is -2.44. The molecular weight excluding hydrogens is 319 g/mol. The molecular formula is C20H21FN2O2. The fourth-order valence-corrected chi connectivity index (χ4v) is 3.15. The van der Waals surface area contributed by atoms with Gasteiger partial charge in [0.15, 0.2) is 0 Å². The molecule has 1 fully saturated rings. The van der Waals surface area contributed by atoms with Crippen molar-refractivity contribution in [3.05, 3.63) is 65.5 Å². The Bertz CT molecular complexity index is 791. The first kappa shape index (κ1) is 17.1. The summed E-state index contributed by atoms with van der Waals surface area (Å²) in [6, 6.07) is 13.6. The predicted molar refractivity (Wildman–Crippen MR) is 94.8 cm³/mol. The number of rotatable bonds is 3. The van der Waals surface area contributed by atoms with Gasteiger partial charge in [-0.2, -0.15) is 0 Å². The maximum absolute atomic E-state index is 13.8. The fraction of sp³-hybridized carbons (Fsp3) is 0.300. The van der Waals surface area contributed by atoms with Crippen molar-refractivity contribution in [3.63, 3.8) is 0 Å². The number of carbonyl (C=O) groups is 2. The summed E-state index contributed by atoms with van der Waals surface area (Å²) in [6.07, 6.45) is 1.45. The fourth-order valence-electron chi connectivity index (χ4n) is 3.15. The van der Waals surface area contributed by atoms with Gasteiger partial charge >= 0.3 is 0 Å². The van der Waals surface area contributed by atoms with Crippen molar-refractivity contribution < 1.29 is 14.0 Å². The summed E-state index contributed by atoms with van der Waals surface area (Å²) >= 11 is 0. The summed E-state index contributed by atoms with van der Waals surface area (Å²) in [7, 11) is 0. The number of nitrogens with zero attached hydrogens (tertiary/aromatic N) is 1. The Morgan fingerprint density at radius 1 is 1.16 bits per heavy atom. The van der Waals surface area contributed by atoms with E-state index in [1.54, 1.807) is 17.0 Å². The van der Waals surface area contributed by atoms with E-state index in [-0.39, 0.29) is 23.3 Å². The zero-order valence-electron chi connectivity index (χ0n) is 14.2. The quantitative estimate of drug-likeness (QED) is 0.928. The Morgan fingerprint density at radius 2 is 1.96 bits per heavy atom. The van der Waals surface area contributed by atoms with Gasteiger partial charge in [0.05, 0.1) is 11.5 Å². The highest BCUT2D eigenvalue weighted by molar-refractivity contribution is 5.96. The lowest BCUT2D eigenvalue weighted by Gasteiger charge is -2.32. The minimum atomic E-state index is -0.529. The van der Waals surface area contributed by atoms with Gasteiger partial charge in [-0.15, -0.1) is 0 Å². The highest BCUT2D eigenvalue weighted by Gasteiger charge is 2.29. The number of hydrogen-bond acceptors (Lipinski definition) is 2. The van der Waals surface area contributed by atoms with Gasteiger partial charge in [-0.1, -0.05) is 24.3 Å². The van der Waals surface area contributed by atoms with Crippen LogP contribution in [0, 0.1) is 18.7 Å². The molecule has 0 radical (unpaired) electrons. The second kappa shape index (κ2) is 7.47. The topological polar surface area (TPSA) is 49.4 Å². The molecule has 2 aromatic carbocycles. The Morgan fingerprint density at radius 3 is 2.72 bits per heavy atom. The third-order valence-corrected chi connectivity index (χ3v) is 4.47. The van der Waals surface area contributed by atoms with Crippen LogP contribution in [0.1, 0.15) is 28.8 Å². The van der Waals surface area contributed by atoms with Crippen LogP contribution in [0.5, 0.6) is 0 Å². The first-order valence-electron chi connectivity index (χ1n) is 8.46. The SMILES string of the molecule is Cc1cccc(NC(=O)C2CCCN(C(=O)c3ccccc3F)C2)c1. The van der Waals surface area contributed by atoms with E-state index in [0.717, 1.165) is 24.1 Å². The van der Waals surface area contributed by atoms with E-state index in [1.165, 1.54) is 12.1 Å². The molecule has 1 aliphatic rings. The second-order valence-corrected chi connectivity index (χ2v) is 6.43. The Balaban J connectivity index is 1.67. The van der Waals surface area contributed by atoms with Crippen LogP contribution in [-0.2, 0) is 4.79 Å². The maximum Gasteiger partial charge on any atom is 0.256 e. The van der Waals surface area contributed by atoms with Crippen LogP contribution in [0.4, 0.5) is 10.1 Å². The lowest BCUT2D eigenvalue weighted by atomic mass is 9.96. The average molecular weight is 340 g/mol. The van der Waals surface area contributed by atoms with E-state index in [0.29, 0.717) is 13.1 Å². The molecule has 0 saturated carbocycles. The van der Waals surface area contributed by atoms with Gasteiger partial charge < -0.3 is 10.2 Å². The number of hydrogen-bond donors (Lipinski definition) is 1. The van der Waals surface area contributed by atoms with Crippen molar-refractivity contribution in [2.45, 2.75) is 19.8 Å². The molecule has 1 N–H and O–H groups in total. The molecule has 0 bridgehead atoms. The summed E-state index contributed by atoms with van der Waals surface area (Å²) in [5, 5.41) is 2.91. The molecule has 1 atom stereocenters. The molecule has 4 nitrogen and oxygen atoms in total. The van der Waals surface area contributed by atoms with Crippen LogP contribution in [0.15, 0.2) is 48.5 Å². The van der Waals surface area contributed by atoms with E-state index in [9.17, 15) is 14.0 Å². The molecule has 1 unspecified atom stereocenters. The van der Waals surface area contributed by atoms with Gasteiger partial charge in [0.1, 0.15) is 5.82 Å². The Kier molecular flexibility index (Phi) is 5.12. The molecule has 3 rings (SSSR count). The van der Waals surface area contributed by atoms with E-state index in [2.05, 4.69) is 5.32 Å². The smallest absolute Gasteiger partial charge is 0.256 e. The molecule has 130 valence electrons. The van der Waals surface area contributed by atoms with Crippen LogP contribution in [0.3, 0.4) is 0 Å². The van der Waals surface area contributed by atoms with E-state index >= 15 is 0 Å². The van der Waals surface area contributed by atoms with E-state index < -0.39 is 5.82 Å². The number of aryl methyl sites for hydroxylation is 1. The number of amides is 2. The van der Waals surface area contributed by atoms with Crippen molar-refractivity contribution in [2.24, 2.45) is 5.92 Å². The average Bonchev–Trinajstić information content (AvgIpc) is 2.62. The third-order valence-electron chi connectivity index (χ3n) is 4.47. The highest BCUT2D eigenvalue weighted by atomic mass is 19.1. The lowest BCUT2D eigenvalue weighted by molar-refractivity contribution is -0.121. The van der Waals surface area contributed by atoms with Crippen LogP contribution in [-0.4, -0.2) is 29.8 Å². The number of piperidine rings is 1. The van der Waals surface area contributed by atoms with Gasteiger partial charge in [0, 0.05) is 18.8 Å². The zero-order chi connectivity index (χ0) is 17.8. The van der Waals surface area contributed by atoms with Gasteiger partial charge in [-0.25, -0.2) is 4.39 Å². The van der Waals surface area contributed by atoms with Gasteiger partial charge in [0.25, 0.3) is 5.91 Å². The first-order chi connectivity index (χ1) is 12.0. The van der Waals surface area contributed by atoms with Gasteiger partial charge in [0.2, 0.25) is 5.91 Å². The standard InChI is InChI=1S/C20H21FN2O2/c1-14-6-4-8-16(12-14)22-19(24)15-7-5-11-23(13-15)20(25)17-9-2-3-10-18(17)21/h2-4,6,8-10,12,15H,5,7,11,13H2,1H3,(H,22,24). The Hall–Kier alpha value is -2.69. The first-order valence-corrected chi connectivity index (χ1v) is 8.46. The Labute approximate surface area is 146 Å². The minimum absolute atomic E-state index is 0.0576.